The molecule has 0 amide bonds. The minimum absolute atomic E-state index is 0.475. The Morgan fingerprint density at radius 3 is 2.95 bits per heavy atom. The second-order valence-corrected chi connectivity index (χ2v) is 4.97. The van der Waals surface area contributed by atoms with Crippen LogP contribution in [-0.2, 0) is 0 Å². The molecule has 1 heterocycles. The fourth-order valence-corrected chi connectivity index (χ4v) is 2.27. The van der Waals surface area contributed by atoms with Crippen molar-refractivity contribution in [2.75, 3.05) is 0 Å². The maximum absolute atomic E-state index is 4.22. The van der Waals surface area contributed by atoms with E-state index in [-0.39, 0.29) is 0 Å². The van der Waals surface area contributed by atoms with Gasteiger partial charge in [0.05, 0.1) is 0 Å². The van der Waals surface area contributed by atoms with E-state index in [2.05, 4.69) is 54.7 Å². The third kappa shape index (κ3) is 3.41. The van der Waals surface area contributed by atoms with Crippen LogP contribution in [0.5, 0.6) is 0 Å². The summed E-state index contributed by atoms with van der Waals surface area (Å²) >= 11 is 0. The molecule has 0 spiro atoms. The molecule has 0 saturated carbocycles. The molecule has 2 rings (SSSR count). The Kier molecular flexibility index (Phi) is 4.83. The molecular formula is C18H20N2. The number of aromatic nitrogens is 1. The van der Waals surface area contributed by atoms with E-state index in [1.54, 1.807) is 12.4 Å². The molecule has 1 atom stereocenters. The molecule has 1 aromatic heterocycles. The van der Waals surface area contributed by atoms with E-state index in [4.69, 9.17) is 0 Å². The molecule has 2 nitrogen and oxygen atoms in total. The zero-order valence-corrected chi connectivity index (χ0v) is 12.1. The van der Waals surface area contributed by atoms with Gasteiger partial charge in [-0.25, -0.2) is 0 Å². The summed E-state index contributed by atoms with van der Waals surface area (Å²) in [5.41, 5.74) is 4.87. The minimum atomic E-state index is 0.475. The number of allylic oxidation sites excluding steroid dienone is 6. The lowest BCUT2D eigenvalue weighted by atomic mass is 9.88. The van der Waals surface area contributed by atoms with Gasteiger partial charge in [0.15, 0.2) is 0 Å². The van der Waals surface area contributed by atoms with Crippen LogP contribution in [0.25, 0.3) is 5.57 Å². The summed E-state index contributed by atoms with van der Waals surface area (Å²) in [7, 11) is 0. The van der Waals surface area contributed by atoms with Gasteiger partial charge in [-0.15, -0.1) is 0 Å². The molecule has 0 saturated heterocycles. The summed E-state index contributed by atoms with van der Waals surface area (Å²) in [6.07, 6.45) is 14.7. The maximum Gasteiger partial charge on any atom is 0.0343 e. The number of aliphatic imine (C=N–C) groups is 1. The van der Waals surface area contributed by atoms with Gasteiger partial charge in [-0.1, -0.05) is 37.8 Å². The predicted octanol–water partition coefficient (Wildman–Crippen LogP) is 4.59. The van der Waals surface area contributed by atoms with Crippen molar-refractivity contribution in [2.45, 2.75) is 20.3 Å². The topological polar surface area (TPSA) is 25.2 Å². The second kappa shape index (κ2) is 6.80. The van der Waals surface area contributed by atoms with Crippen molar-refractivity contribution in [1.29, 1.82) is 0 Å². The number of nitrogens with zero attached hydrogens (tertiary/aromatic N) is 2. The van der Waals surface area contributed by atoms with Crippen molar-refractivity contribution in [1.82, 2.24) is 4.98 Å². The number of hydrogen-bond acceptors (Lipinski definition) is 2. The zero-order valence-electron chi connectivity index (χ0n) is 12.1. The Labute approximate surface area is 121 Å². The molecule has 0 aromatic carbocycles. The quantitative estimate of drug-likeness (QED) is 0.733. The minimum Gasteiger partial charge on any atom is -0.265 e. The largest absolute Gasteiger partial charge is 0.265 e. The van der Waals surface area contributed by atoms with Gasteiger partial charge in [-0.05, 0) is 47.6 Å². The highest BCUT2D eigenvalue weighted by Crippen LogP contribution is 2.28. The number of hydrogen-bond donors (Lipinski definition) is 0. The Morgan fingerprint density at radius 2 is 2.25 bits per heavy atom. The van der Waals surface area contributed by atoms with Crippen molar-refractivity contribution in [3.63, 3.8) is 0 Å². The van der Waals surface area contributed by atoms with Crippen LogP contribution >= 0.6 is 0 Å². The summed E-state index contributed by atoms with van der Waals surface area (Å²) in [5.74, 6) is 0.475. The van der Waals surface area contributed by atoms with Crippen molar-refractivity contribution >= 4 is 11.8 Å². The van der Waals surface area contributed by atoms with E-state index in [1.807, 2.05) is 18.5 Å². The third-order valence-corrected chi connectivity index (χ3v) is 3.52. The van der Waals surface area contributed by atoms with Crippen LogP contribution in [0.15, 0.2) is 71.7 Å². The Balaban J connectivity index is 2.42. The van der Waals surface area contributed by atoms with Crippen LogP contribution in [0.2, 0.25) is 0 Å². The molecule has 102 valence electrons. The molecular weight excluding hydrogens is 244 g/mol. The Hall–Kier alpha value is -2.22. The summed E-state index contributed by atoms with van der Waals surface area (Å²) in [6.45, 7) is 7.99. The summed E-state index contributed by atoms with van der Waals surface area (Å²) in [5, 5.41) is 0. The van der Waals surface area contributed by atoms with E-state index < -0.39 is 0 Å². The Bertz CT molecular complexity index is 589. The lowest BCUT2D eigenvalue weighted by Gasteiger charge is -2.17. The second-order valence-electron chi connectivity index (χ2n) is 4.97. The average molecular weight is 264 g/mol. The van der Waals surface area contributed by atoms with Crippen molar-refractivity contribution in [3.05, 3.63) is 72.2 Å². The van der Waals surface area contributed by atoms with Crippen LogP contribution in [0.3, 0.4) is 0 Å². The van der Waals surface area contributed by atoms with Gasteiger partial charge < -0.3 is 0 Å². The first-order chi connectivity index (χ1) is 9.72. The zero-order chi connectivity index (χ0) is 14.4. The van der Waals surface area contributed by atoms with Crippen molar-refractivity contribution in [2.24, 2.45) is 10.9 Å². The van der Waals surface area contributed by atoms with Gasteiger partial charge in [-0.3, -0.25) is 9.98 Å². The van der Waals surface area contributed by atoms with Gasteiger partial charge in [0.2, 0.25) is 0 Å². The van der Waals surface area contributed by atoms with Crippen LogP contribution in [0.1, 0.15) is 25.8 Å². The molecule has 1 unspecified atom stereocenters. The highest BCUT2D eigenvalue weighted by Gasteiger charge is 2.12. The maximum atomic E-state index is 4.22. The summed E-state index contributed by atoms with van der Waals surface area (Å²) < 4.78 is 0. The molecule has 0 N–H and O–H groups in total. The first-order valence-electron chi connectivity index (χ1n) is 6.86. The smallest absolute Gasteiger partial charge is 0.0343 e. The molecule has 20 heavy (non-hydrogen) atoms. The number of rotatable bonds is 3. The van der Waals surface area contributed by atoms with Gasteiger partial charge in [-0.2, -0.15) is 0 Å². The van der Waals surface area contributed by atoms with Gasteiger partial charge in [0, 0.05) is 24.8 Å². The summed E-state index contributed by atoms with van der Waals surface area (Å²) in [4.78, 5) is 8.34. The first kappa shape index (κ1) is 14.2. The van der Waals surface area contributed by atoms with E-state index in [1.165, 1.54) is 16.7 Å². The highest BCUT2D eigenvalue weighted by molar-refractivity contribution is 5.86. The number of pyridine rings is 1. The lowest BCUT2D eigenvalue weighted by Crippen LogP contribution is -2.01. The highest BCUT2D eigenvalue weighted by atomic mass is 14.7. The summed E-state index contributed by atoms with van der Waals surface area (Å²) in [6, 6.07) is 4.09. The van der Waals surface area contributed by atoms with Crippen molar-refractivity contribution < 1.29 is 0 Å². The normalized spacial score (nSPS) is 27.5. The monoisotopic (exact) mass is 264 g/mol. The standard InChI is InChI=1S/C18H20N2/c1-4-19-12-16-9-10-18(15(3)8-7-14(16)2)17-6-5-11-20-13-17/h4-7,9-13,15H,1,8H2,2-3H3/b14-7+,16-9-,18-10+,19-12-. The van der Waals surface area contributed by atoms with E-state index in [0.29, 0.717) is 5.92 Å². The van der Waals surface area contributed by atoms with Crippen LogP contribution in [-0.4, -0.2) is 11.2 Å². The van der Waals surface area contributed by atoms with E-state index >= 15 is 0 Å². The predicted molar refractivity (Wildman–Crippen MR) is 86.5 cm³/mol. The average Bonchev–Trinajstić information content (AvgIpc) is 2.47. The van der Waals surface area contributed by atoms with E-state index in [0.717, 1.165) is 12.0 Å². The van der Waals surface area contributed by atoms with Crippen LogP contribution in [0.4, 0.5) is 0 Å². The van der Waals surface area contributed by atoms with Gasteiger partial charge in [0.25, 0.3) is 0 Å². The van der Waals surface area contributed by atoms with Crippen LogP contribution < -0.4 is 0 Å². The van der Waals surface area contributed by atoms with Crippen LogP contribution in [0, 0.1) is 5.92 Å². The molecule has 1 aliphatic carbocycles. The van der Waals surface area contributed by atoms with Crippen molar-refractivity contribution in [3.8, 4) is 0 Å². The van der Waals surface area contributed by atoms with Gasteiger partial charge >= 0.3 is 0 Å². The van der Waals surface area contributed by atoms with Gasteiger partial charge in [0.1, 0.15) is 0 Å². The SMILES string of the molecule is C=C\N=C/C1=C/C=C(/c2cccnc2)C(C)C\C=C\1C. The Morgan fingerprint density at radius 1 is 1.40 bits per heavy atom. The fraction of sp³-hybridized carbons (Fsp3) is 0.222. The van der Waals surface area contributed by atoms with E-state index in [9.17, 15) is 0 Å². The fourth-order valence-electron chi connectivity index (χ4n) is 2.27. The third-order valence-electron chi connectivity index (χ3n) is 3.52. The molecule has 0 bridgehead atoms. The molecule has 0 fully saturated rings. The molecule has 1 aromatic rings. The molecule has 0 radical (unpaired) electrons. The first-order valence-corrected chi connectivity index (χ1v) is 6.86. The molecule has 1 aliphatic rings. The lowest BCUT2D eigenvalue weighted by molar-refractivity contribution is 0.760. The molecule has 2 heteroatoms. The molecule has 0 aliphatic heterocycles.